The summed E-state index contributed by atoms with van der Waals surface area (Å²) in [6.45, 7) is -0.309. The number of aliphatic hydroxyl groups excluding tert-OH is 1. The molecular formula is C12H15NO5. The number of aliphatic carboxylic acids is 1. The van der Waals surface area contributed by atoms with Crippen LogP contribution in [-0.4, -0.2) is 39.8 Å². The van der Waals surface area contributed by atoms with Crippen LogP contribution in [0, 0.1) is 0 Å². The van der Waals surface area contributed by atoms with Crippen LogP contribution >= 0.6 is 0 Å². The average Bonchev–Trinajstić information content (AvgIpc) is 2.31. The SMILES string of the molecule is O=C(Cc1ccc(O)cc1)N[C@H](CCO)C(=O)O. The molecule has 6 nitrogen and oxygen atoms in total. The van der Waals surface area contributed by atoms with Crippen molar-refractivity contribution in [2.24, 2.45) is 0 Å². The zero-order valence-electron chi connectivity index (χ0n) is 9.67. The van der Waals surface area contributed by atoms with Crippen molar-refractivity contribution in [1.82, 2.24) is 5.32 Å². The molecule has 0 aliphatic rings. The molecule has 0 unspecified atom stereocenters. The molecule has 6 heteroatoms. The summed E-state index contributed by atoms with van der Waals surface area (Å²) in [7, 11) is 0. The van der Waals surface area contributed by atoms with Gasteiger partial charge in [0.15, 0.2) is 0 Å². The molecule has 0 spiro atoms. The number of carbonyl (C=O) groups excluding carboxylic acids is 1. The number of rotatable bonds is 6. The highest BCUT2D eigenvalue weighted by Crippen LogP contribution is 2.10. The Hall–Kier alpha value is -2.08. The first-order valence-electron chi connectivity index (χ1n) is 5.44. The first kappa shape index (κ1) is 14.0. The lowest BCUT2D eigenvalue weighted by atomic mass is 10.1. The fourth-order valence-corrected chi connectivity index (χ4v) is 1.43. The Bertz CT molecular complexity index is 415. The lowest BCUT2D eigenvalue weighted by Crippen LogP contribution is -2.42. The first-order valence-corrected chi connectivity index (χ1v) is 5.44. The fourth-order valence-electron chi connectivity index (χ4n) is 1.43. The third-order valence-electron chi connectivity index (χ3n) is 2.35. The van der Waals surface area contributed by atoms with Crippen LogP contribution in [0.25, 0.3) is 0 Å². The van der Waals surface area contributed by atoms with E-state index < -0.39 is 17.9 Å². The summed E-state index contributed by atoms with van der Waals surface area (Å²) in [5.41, 5.74) is 0.665. The maximum absolute atomic E-state index is 11.6. The number of phenolic OH excluding ortho intramolecular Hbond substituents is 1. The van der Waals surface area contributed by atoms with Crippen molar-refractivity contribution < 1.29 is 24.9 Å². The molecule has 0 radical (unpaired) electrons. The van der Waals surface area contributed by atoms with Gasteiger partial charge in [0.05, 0.1) is 6.42 Å². The number of benzene rings is 1. The first-order chi connectivity index (χ1) is 8.52. The molecule has 4 N–H and O–H groups in total. The van der Waals surface area contributed by atoms with E-state index in [1.54, 1.807) is 12.1 Å². The molecule has 1 rings (SSSR count). The molecule has 0 aliphatic carbocycles. The number of aromatic hydroxyl groups is 1. The van der Waals surface area contributed by atoms with Gasteiger partial charge in [-0.05, 0) is 17.7 Å². The summed E-state index contributed by atoms with van der Waals surface area (Å²) < 4.78 is 0. The number of nitrogens with one attached hydrogen (secondary N) is 1. The summed E-state index contributed by atoms with van der Waals surface area (Å²) in [5, 5.41) is 28.9. The van der Waals surface area contributed by atoms with Crippen LogP contribution < -0.4 is 5.32 Å². The molecule has 18 heavy (non-hydrogen) atoms. The largest absolute Gasteiger partial charge is 0.508 e. The summed E-state index contributed by atoms with van der Waals surface area (Å²) >= 11 is 0. The van der Waals surface area contributed by atoms with E-state index in [0.717, 1.165) is 0 Å². The normalized spacial score (nSPS) is 11.8. The second-order valence-corrected chi connectivity index (χ2v) is 3.81. The van der Waals surface area contributed by atoms with Crippen LogP contribution in [0.4, 0.5) is 0 Å². The van der Waals surface area contributed by atoms with Gasteiger partial charge in [-0.1, -0.05) is 12.1 Å². The van der Waals surface area contributed by atoms with Crippen molar-refractivity contribution in [1.29, 1.82) is 0 Å². The molecule has 1 aromatic carbocycles. The van der Waals surface area contributed by atoms with E-state index in [4.69, 9.17) is 15.3 Å². The minimum atomic E-state index is -1.18. The van der Waals surface area contributed by atoms with Gasteiger partial charge in [-0.25, -0.2) is 4.79 Å². The van der Waals surface area contributed by atoms with E-state index in [2.05, 4.69) is 5.32 Å². The minimum absolute atomic E-state index is 0.0233. The van der Waals surface area contributed by atoms with Crippen LogP contribution in [0.3, 0.4) is 0 Å². The number of phenols is 1. The van der Waals surface area contributed by atoms with Crippen molar-refractivity contribution in [3.05, 3.63) is 29.8 Å². The highest BCUT2D eigenvalue weighted by molar-refractivity contribution is 5.84. The third-order valence-corrected chi connectivity index (χ3v) is 2.35. The van der Waals surface area contributed by atoms with Gasteiger partial charge in [0.1, 0.15) is 11.8 Å². The van der Waals surface area contributed by atoms with Crippen molar-refractivity contribution in [2.75, 3.05) is 6.61 Å². The third kappa shape index (κ3) is 4.42. The number of hydrogen-bond donors (Lipinski definition) is 4. The summed E-state index contributed by atoms with van der Waals surface area (Å²) in [4.78, 5) is 22.3. The van der Waals surface area contributed by atoms with Crippen LogP contribution in [0.15, 0.2) is 24.3 Å². The number of carboxylic acid groups (broad SMARTS) is 1. The number of aliphatic hydroxyl groups is 1. The van der Waals surface area contributed by atoms with Crippen LogP contribution in [0.2, 0.25) is 0 Å². The maximum atomic E-state index is 11.6. The average molecular weight is 253 g/mol. The molecule has 0 saturated carbocycles. The van der Waals surface area contributed by atoms with Crippen molar-refractivity contribution in [3.63, 3.8) is 0 Å². The Kier molecular flexibility index (Phi) is 5.13. The number of carboxylic acids is 1. The maximum Gasteiger partial charge on any atom is 0.326 e. The van der Waals surface area contributed by atoms with Gasteiger partial charge in [-0.3, -0.25) is 4.79 Å². The van der Waals surface area contributed by atoms with Crippen molar-refractivity contribution >= 4 is 11.9 Å². The lowest BCUT2D eigenvalue weighted by Gasteiger charge is -2.13. The molecule has 0 aromatic heterocycles. The van der Waals surface area contributed by atoms with Crippen molar-refractivity contribution in [2.45, 2.75) is 18.9 Å². The van der Waals surface area contributed by atoms with E-state index in [0.29, 0.717) is 5.56 Å². The zero-order chi connectivity index (χ0) is 13.5. The number of hydrogen-bond acceptors (Lipinski definition) is 4. The molecule has 1 amide bonds. The Morgan fingerprint density at radius 2 is 1.83 bits per heavy atom. The Labute approximate surface area is 104 Å². The van der Waals surface area contributed by atoms with E-state index in [1.165, 1.54) is 12.1 Å². The number of carbonyl (C=O) groups is 2. The van der Waals surface area contributed by atoms with Gasteiger partial charge in [0, 0.05) is 13.0 Å². The van der Waals surface area contributed by atoms with Gasteiger partial charge < -0.3 is 20.6 Å². The monoisotopic (exact) mass is 253 g/mol. The molecule has 1 aromatic rings. The second-order valence-electron chi connectivity index (χ2n) is 3.81. The van der Waals surface area contributed by atoms with E-state index >= 15 is 0 Å². The molecule has 0 bridgehead atoms. The molecule has 0 aliphatic heterocycles. The lowest BCUT2D eigenvalue weighted by molar-refractivity contribution is -0.142. The quantitative estimate of drug-likeness (QED) is 0.565. The summed E-state index contributed by atoms with van der Waals surface area (Å²) in [6, 6.07) is 4.98. The van der Waals surface area contributed by atoms with Gasteiger partial charge in [0.2, 0.25) is 5.91 Å². The molecule has 1 atom stereocenters. The van der Waals surface area contributed by atoms with E-state index in [-0.39, 0.29) is 25.2 Å². The van der Waals surface area contributed by atoms with Gasteiger partial charge in [-0.15, -0.1) is 0 Å². The Morgan fingerprint density at radius 1 is 1.22 bits per heavy atom. The second kappa shape index (κ2) is 6.61. The topological polar surface area (TPSA) is 107 Å². The molecule has 98 valence electrons. The van der Waals surface area contributed by atoms with Gasteiger partial charge in [0.25, 0.3) is 0 Å². The highest BCUT2D eigenvalue weighted by Gasteiger charge is 2.19. The summed E-state index contributed by atoms with van der Waals surface area (Å²) in [6.07, 6.45) is -0.00780. The smallest absolute Gasteiger partial charge is 0.326 e. The molecule has 0 fully saturated rings. The Balaban J connectivity index is 2.54. The minimum Gasteiger partial charge on any atom is -0.508 e. The van der Waals surface area contributed by atoms with Gasteiger partial charge >= 0.3 is 5.97 Å². The summed E-state index contributed by atoms with van der Waals surface area (Å²) in [5.74, 6) is -1.52. The van der Waals surface area contributed by atoms with E-state index in [9.17, 15) is 9.59 Å². The standard InChI is InChI=1S/C12H15NO5/c14-6-5-10(12(17)18)13-11(16)7-8-1-3-9(15)4-2-8/h1-4,10,14-15H,5-7H2,(H,13,16)(H,17,18)/t10-/m1/s1. The predicted octanol–water partition coefficient (Wildman–Crippen LogP) is -0.113. The van der Waals surface area contributed by atoms with Crippen molar-refractivity contribution in [3.8, 4) is 5.75 Å². The fraction of sp³-hybridized carbons (Fsp3) is 0.333. The zero-order valence-corrected chi connectivity index (χ0v) is 9.67. The molecular weight excluding hydrogens is 238 g/mol. The van der Waals surface area contributed by atoms with Crippen LogP contribution in [0.1, 0.15) is 12.0 Å². The van der Waals surface area contributed by atoms with Crippen LogP contribution in [-0.2, 0) is 16.0 Å². The Morgan fingerprint density at radius 3 is 2.33 bits per heavy atom. The van der Waals surface area contributed by atoms with Crippen LogP contribution in [0.5, 0.6) is 5.75 Å². The highest BCUT2D eigenvalue weighted by atomic mass is 16.4. The number of amides is 1. The predicted molar refractivity (Wildman–Crippen MR) is 63.1 cm³/mol. The molecule has 0 heterocycles. The molecule has 0 saturated heterocycles. The van der Waals surface area contributed by atoms with E-state index in [1.807, 2.05) is 0 Å². The van der Waals surface area contributed by atoms with Gasteiger partial charge in [-0.2, -0.15) is 0 Å².